The third-order valence-corrected chi connectivity index (χ3v) is 5.15. The molecule has 9 heteroatoms. The molecule has 3 heterocycles. The Morgan fingerprint density at radius 1 is 1.03 bits per heavy atom. The van der Waals surface area contributed by atoms with E-state index < -0.39 is 0 Å². The lowest BCUT2D eigenvalue weighted by Crippen LogP contribution is -2.52. The van der Waals surface area contributed by atoms with Crippen molar-refractivity contribution < 1.29 is 9.13 Å². The van der Waals surface area contributed by atoms with Crippen LogP contribution in [0.5, 0.6) is 11.6 Å². The Kier molecular flexibility index (Phi) is 9.23. The van der Waals surface area contributed by atoms with Crippen LogP contribution < -0.4 is 15.0 Å². The van der Waals surface area contributed by atoms with E-state index in [1.807, 2.05) is 36.5 Å². The second-order valence-corrected chi connectivity index (χ2v) is 7.36. The fourth-order valence-electron chi connectivity index (χ4n) is 3.55. The van der Waals surface area contributed by atoms with Crippen molar-refractivity contribution in [2.75, 3.05) is 37.6 Å². The quantitative estimate of drug-likeness (QED) is 0.275. The standard InChI is InChI=1S/C24H27FN6O.HI/c1-2-26-24(31-15-13-30(14-16-31)22-10-3-4-11-27-22)29-18-19-7-6-12-28-23(19)32-21-9-5-8-20(25)17-21;/h3-12,17H,2,13-16,18H2,1H3,(H,26,29);1H. The summed E-state index contributed by atoms with van der Waals surface area (Å²) >= 11 is 0. The van der Waals surface area contributed by atoms with Crippen LogP contribution in [0.4, 0.5) is 10.2 Å². The summed E-state index contributed by atoms with van der Waals surface area (Å²) in [6.07, 6.45) is 3.48. The lowest BCUT2D eigenvalue weighted by molar-refractivity contribution is 0.371. The van der Waals surface area contributed by atoms with Crippen molar-refractivity contribution in [3.05, 3.63) is 78.4 Å². The SMILES string of the molecule is CCNC(=NCc1cccnc1Oc1cccc(F)c1)N1CCN(c2ccccn2)CC1.I. The van der Waals surface area contributed by atoms with Crippen molar-refractivity contribution in [2.24, 2.45) is 4.99 Å². The zero-order valence-corrected chi connectivity index (χ0v) is 20.9. The first-order chi connectivity index (χ1) is 15.7. The molecule has 0 radical (unpaired) electrons. The van der Waals surface area contributed by atoms with Crippen LogP contribution >= 0.6 is 24.0 Å². The number of guanidine groups is 1. The lowest BCUT2D eigenvalue weighted by Gasteiger charge is -2.37. The average molecular weight is 562 g/mol. The number of anilines is 1. The second kappa shape index (κ2) is 12.3. The van der Waals surface area contributed by atoms with E-state index in [1.165, 1.54) is 12.1 Å². The number of aliphatic imine (C=N–C) groups is 1. The molecule has 0 amide bonds. The van der Waals surface area contributed by atoms with Crippen LogP contribution in [0.1, 0.15) is 12.5 Å². The first-order valence-corrected chi connectivity index (χ1v) is 10.8. The van der Waals surface area contributed by atoms with E-state index in [4.69, 9.17) is 9.73 Å². The van der Waals surface area contributed by atoms with Gasteiger partial charge >= 0.3 is 0 Å². The van der Waals surface area contributed by atoms with Crippen LogP contribution in [0.25, 0.3) is 0 Å². The van der Waals surface area contributed by atoms with Gasteiger partial charge in [0.05, 0.1) is 6.54 Å². The minimum absolute atomic E-state index is 0. The maximum Gasteiger partial charge on any atom is 0.224 e. The van der Waals surface area contributed by atoms with Crippen LogP contribution in [-0.4, -0.2) is 53.6 Å². The Labute approximate surface area is 210 Å². The highest BCUT2D eigenvalue weighted by Crippen LogP contribution is 2.24. The Hall–Kier alpha value is -2.95. The molecule has 1 saturated heterocycles. The Morgan fingerprint density at radius 2 is 1.85 bits per heavy atom. The van der Waals surface area contributed by atoms with Crippen molar-refractivity contribution in [3.63, 3.8) is 0 Å². The molecule has 33 heavy (non-hydrogen) atoms. The van der Waals surface area contributed by atoms with E-state index in [2.05, 4.69) is 32.0 Å². The van der Waals surface area contributed by atoms with E-state index in [9.17, 15) is 4.39 Å². The van der Waals surface area contributed by atoms with Crippen LogP contribution in [-0.2, 0) is 6.54 Å². The maximum atomic E-state index is 13.5. The summed E-state index contributed by atoms with van der Waals surface area (Å²) in [6.45, 7) is 6.69. The van der Waals surface area contributed by atoms with Gasteiger partial charge in [-0.05, 0) is 37.3 Å². The predicted octanol–water partition coefficient (Wildman–Crippen LogP) is 4.31. The summed E-state index contributed by atoms with van der Waals surface area (Å²) < 4.78 is 19.3. The number of hydrogen-bond acceptors (Lipinski definition) is 5. The Bertz CT molecular complexity index is 1040. The van der Waals surface area contributed by atoms with E-state index in [1.54, 1.807) is 18.3 Å². The number of piperazine rings is 1. The van der Waals surface area contributed by atoms with Crippen LogP contribution in [0.3, 0.4) is 0 Å². The van der Waals surface area contributed by atoms with E-state index in [0.29, 0.717) is 18.2 Å². The maximum absolute atomic E-state index is 13.5. The largest absolute Gasteiger partial charge is 0.439 e. The Morgan fingerprint density at radius 3 is 2.58 bits per heavy atom. The highest BCUT2D eigenvalue weighted by molar-refractivity contribution is 14.0. The topological polar surface area (TPSA) is 65.9 Å². The van der Waals surface area contributed by atoms with Crippen molar-refractivity contribution in [3.8, 4) is 11.6 Å². The highest BCUT2D eigenvalue weighted by atomic mass is 127. The number of halogens is 2. The molecule has 0 aliphatic carbocycles. The molecule has 0 spiro atoms. The molecule has 7 nitrogen and oxygen atoms in total. The summed E-state index contributed by atoms with van der Waals surface area (Å²) in [5.41, 5.74) is 0.833. The molecule has 4 rings (SSSR count). The number of hydrogen-bond donors (Lipinski definition) is 1. The van der Waals surface area contributed by atoms with Crippen LogP contribution in [0, 0.1) is 5.82 Å². The summed E-state index contributed by atoms with van der Waals surface area (Å²) in [6, 6.07) is 15.8. The van der Waals surface area contributed by atoms with Gasteiger partial charge in [0.25, 0.3) is 0 Å². The summed E-state index contributed by atoms with van der Waals surface area (Å²) in [7, 11) is 0. The minimum Gasteiger partial charge on any atom is -0.439 e. The Balaban J connectivity index is 0.00000306. The fourth-order valence-corrected chi connectivity index (χ4v) is 3.55. The lowest BCUT2D eigenvalue weighted by atomic mass is 10.2. The zero-order valence-electron chi connectivity index (χ0n) is 18.5. The van der Waals surface area contributed by atoms with Gasteiger partial charge in [0, 0.05) is 56.7 Å². The summed E-state index contributed by atoms with van der Waals surface area (Å²) in [5, 5.41) is 3.38. The molecule has 3 aromatic rings. The van der Waals surface area contributed by atoms with Gasteiger partial charge < -0.3 is 19.9 Å². The molecule has 1 aliphatic heterocycles. The molecule has 0 unspecified atom stereocenters. The average Bonchev–Trinajstić information content (AvgIpc) is 2.83. The van der Waals surface area contributed by atoms with Gasteiger partial charge in [-0.1, -0.05) is 18.2 Å². The molecular weight excluding hydrogens is 534 g/mol. The summed E-state index contributed by atoms with van der Waals surface area (Å²) in [4.78, 5) is 18.1. The fraction of sp³-hybridized carbons (Fsp3) is 0.292. The monoisotopic (exact) mass is 562 g/mol. The van der Waals surface area contributed by atoms with E-state index >= 15 is 0 Å². The molecule has 1 fully saturated rings. The zero-order chi connectivity index (χ0) is 22.2. The number of benzene rings is 1. The number of nitrogens with zero attached hydrogens (tertiary/aromatic N) is 5. The van der Waals surface area contributed by atoms with Gasteiger partial charge in [-0.15, -0.1) is 24.0 Å². The predicted molar refractivity (Wildman–Crippen MR) is 139 cm³/mol. The van der Waals surface area contributed by atoms with Crippen molar-refractivity contribution in [2.45, 2.75) is 13.5 Å². The minimum atomic E-state index is -0.350. The number of ether oxygens (including phenoxy) is 1. The highest BCUT2D eigenvalue weighted by Gasteiger charge is 2.20. The summed E-state index contributed by atoms with van der Waals surface area (Å²) in [5.74, 6) is 2.35. The molecule has 0 saturated carbocycles. The number of rotatable bonds is 6. The van der Waals surface area contributed by atoms with Gasteiger partial charge in [0.15, 0.2) is 5.96 Å². The molecular formula is C24H28FIN6O. The van der Waals surface area contributed by atoms with Crippen molar-refractivity contribution in [1.82, 2.24) is 20.2 Å². The van der Waals surface area contributed by atoms with Crippen LogP contribution in [0.2, 0.25) is 0 Å². The molecule has 1 N–H and O–H groups in total. The molecule has 1 aliphatic rings. The van der Waals surface area contributed by atoms with Gasteiger partial charge in [-0.3, -0.25) is 0 Å². The number of pyridine rings is 2. The smallest absolute Gasteiger partial charge is 0.224 e. The second-order valence-electron chi connectivity index (χ2n) is 7.36. The molecule has 0 bridgehead atoms. The van der Waals surface area contributed by atoms with Crippen molar-refractivity contribution >= 4 is 35.8 Å². The van der Waals surface area contributed by atoms with E-state index in [0.717, 1.165) is 50.1 Å². The van der Waals surface area contributed by atoms with Gasteiger partial charge in [0.2, 0.25) is 5.88 Å². The first-order valence-electron chi connectivity index (χ1n) is 10.8. The normalized spacial score (nSPS) is 13.9. The number of nitrogens with one attached hydrogen (secondary N) is 1. The third-order valence-electron chi connectivity index (χ3n) is 5.15. The third kappa shape index (κ3) is 6.77. The van der Waals surface area contributed by atoms with Crippen LogP contribution in [0.15, 0.2) is 72.0 Å². The molecule has 0 atom stereocenters. The van der Waals surface area contributed by atoms with Gasteiger partial charge in [0.1, 0.15) is 17.4 Å². The van der Waals surface area contributed by atoms with Crippen molar-refractivity contribution in [1.29, 1.82) is 0 Å². The van der Waals surface area contributed by atoms with Gasteiger partial charge in [-0.2, -0.15) is 0 Å². The molecule has 2 aromatic heterocycles. The molecule has 174 valence electrons. The first kappa shape index (κ1) is 24.7. The van der Waals surface area contributed by atoms with E-state index in [-0.39, 0.29) is 29.8 Å². The number of aromatic nitrogens is 2. The van der Waals surface area contributed by atoms with Gasteiger partial charge in [-0.25, -0.2) is 19.4 Å². The molecule has 1 aromatic carbocycles.